The van der Waals surface area contributed by atoms with Crippen LogP contribution in [0.4, 0.5) is 18.9 Å². The zero-order valence-electron chi connectivity index (χ0n) is 24.1. The quantitative estimate of drug-likeness (QED) is 0.267. The molecule has 13 heteroatoms. The van der Waals surface area contributed by atoms with Crippen molar-refractivity contribution in [3.63, 3.8) is 0 Å². The first kappa shape index (κ1) is 33.7. The Balaban J connectivity index is 2.11. The molecule has 43 heavy (non-hydrogen) atoms. The summed E-state index contributed by atoms with van der Waals surface area (Å²) in [5.41, 5.74) is -1.10. The largest absolute Gasteiger partial charge is 0.497 e. The van der Waals surface area contributed by atoms with Crippen LogP contribution >= 0.6 is 11.6 Å². The highest BCUT2D eigenvalue weighted by Crippen LogP contribution is 2.38. The number of anilines is 1. The number of halogens is 4. The van der Waals surface area contributed by atoms with E-state index < -0.39 is 56.9 Å². The van der Waals surface area contributed by atoms with Gasteiger partial charge >= 0.3 is 6.18 Å². The van der Waals surface area contributed by atoms with Gasteiger partial charge in [0.1, 0.15) is 18.3 Å². The Morgan fingerprint density at radius 3 is 2.28 bits per heavy atom. The average Bonchev–Trinajstić information content (AvgIpc) is 2.98. The molecule has 2 amide bonds. The first-order valence-electron chi connectivity index (χ1n) is 13.4. The fourth-order valence-corrected chi connectivity index (χ4v) is 5.80. The van der Waals surface area contributed by atoms with Crippen LogP contribution in [0.15, 0.2) is 77.7 Å². The molecule has 0 aliphatic rings. The van der Waals surface area contributed by atoms with Crippen LogP contribution < -0.4 is 14.4 Å². The van der Waals surface area contributed by atoms with E-state index in [9.17, 15) is 31.2 Å². The van der Waals surface area contributed by atoms with Crippen molar-refractivity contribution in [2.24, 2.45) is 0 Å². The number of sulfonamides is 1. The predicted octanol–water partition coefficient (Wildman–Crippen LogP) is 5.89. The van der Waals surface area contributed by atoms with E-state index in [1.165, 1.54) is 43.2 Å². The van der Waals surface area contributed by atoms with Gasteiger partial charge in [0.15, 0.2) is 0 Å². The van der Waals surface area contributed by atoms with Crippen LogP contribution in [-0.4, -0.2) is 50.9 Å². The lowest BCUT2D eigenvalue weighted by atomic mass is 10.1. The summed E-state index contributed by atoms with van der Waals surface area (Å²) in [5, 5.41) is 2.19. The molecule has 0 bridgehead atoms. The average molecular weight is 640 g/mol. The lowest BCUT2D eigenvalue weighted by Gasteiger charge is -2.32. The normalized spacial score (nSPS) is 13.1. The SMILES string of the molecule is CC[C@H](C)NC(=O)[C@@H](C)N(Cc1cccc(OC)c1)C(=O)CN(c1ccc(Cl)c(C(F)(F)F)c1)S(=O)(=O)c1ccccc1. The molecule has 0 aliphatic heterocycles. The molecule has 8 nitrogen and oxygen atoms in total. The standard InChI is InChI=1S/C30H33ClF3N3O5S/c1-5-20(2)35-29(39)21(3)36(18-22-10-9-11-24(16-22)42-4)28(38)19-37(43(40,41)25-12-7-6-8-13-25)23-14-15-27(31)26(17-23)30(32,33)34/h6-17,20-21H,5,18-19H2,1-4H3,(H,35,39)/t20-,21+/m0/s1. The fraction of sp³-hybridized carbons (Fsp3) is 0.333. The van der Waals surface area contributed by atoms with Gasteiger partial charge in [0.2, 0.25) is 11.8 Å². The molecule has 1 N–H and O–H groups in total. The van der Waals surface area contributed by atoms with Gasteiger partial charge in [-0.1, -0.05) is 48.9 Å². The van der Waals surface area contributed by atoms with E-state index >= 15 is 0 Å². The second kappa shape index (κ2) is 14.1. The number of carbonyl (C=O) groups excluding carboxylic acids is 2. The van der Waals surface area contributed by atoms with Gasteiger partial charge in [-0.25, -0.2) is 8.42 Å². The van der Waals surface area contributed by atoms with E-state index in [1.807, 2.05) is 6.92 Å². The van der Waals surface area contributed by atoms with E-state index in [-0.39, 0.29) is 17.5 Å². The zero-order valence-corrected chi connectivity index (χ0v) is 25.6. The highest BCUT2D eigenvalue weighted by Gasteiger charge is 2.37. The number of rotatable bonds is 12. The van der Waals surface area contributed by atoms with Crippen molar-refractivity contribution in [2.45, 2.75) is 56.9 Å². The third-order valence-corrected chi connectivity index (χ3v) is 8.93. The van der Waals surface area contributed by atoms with Crippen LogP contribution in [0.5, 0.6) is 5.75 Å². The molecule has 0 unspecified atom stereocenters. The Kier molecular flexibility index (Phi) is 11.1. The number of ether oxygens (including phenoxy) is 1. The number of nitrogens with zero attached hydrogens (tertiary/aromatic N) is 2. The fourth-order valence-electron chi connectivity index (χ4n) is 4.15. The molecule has 232 valence electrons. The molecule has 0 aromatic heterocycles. The summed E-state index contributed by atoms with van der Waals surface area (Å²) in [6.07, 6.45) is -4.26. The molecule has 0 heterocycles. The highest BCUT2D eigenvalue weighted by atomic mass is 35.5. The Morgan fingerprint density at radius 1 is 1.00 bits per heavy atom. The van der Waals surface area contributed by atoms with E-state index in [0.717, 1.165) is 12.1 Å². The van der Waals surface area contributed by atoms with E-state index in [1.54, 1.807) is 37.3 Å². The van der Waals surface area contributed by atoms with Gasteiger partial charge in [0.05, 0.1) is 28.3 Å². The summed E-state index contributed by atoms with van der Waals surface area (Å²) in [5.74, 6) is -0.803. The Morgan fingerprint density at radius 2 is 1.67 bits per heavy atom. The number of hydrogen-bond donors (Lipinski definition) is 1. The maximum atomic E-state index is 14.0. The summed E-state index contributed by atoms with van der Waals surface area (Å²) in [4.78, 5) is 28.0. The van der Waals surface area contributed by atoms with Crippen LogP contribution in [0.3, 0.4) is 0 Å². The molecule has 3 rings (SSSR count). The first-order chi connectivity index (χ1) is 20.2. The molecule has 0 spiro atoms. The predicted molar refractivity (Wildman–Crippen MR) is 158 cm³/mol. The molecule has 0 saturated carbocycles. The molecular formula is C30H33ClF3N3O5S. The number of methoxy groups -OCH3 is 1. The van der Waals surface area contributed by atoms with Gasteiger partial charge in [-0.15, -0.1) is 0 Å². The summed E-state index contributed by atoms with van der Waals surface area (Å²) < 4.78 is 74.7. The summed E-state index contributed by atoms with van der Waals surface area (Å²) >= 11 is 5.80. The molecule has 0 saturated heterocycles. The van der Waals surface area contributed by atoms with Crippen molar-refractivity contribution < 1.29 is 35.9 Å². The van der Waals surface area contributed by atoms with Crippen LogP contribution in [0.2, 0.25) is 5.02 Å². The minimum atomic E-state index is -4.89. The van der Waals surface area contributed by atoms with Crippen molar-refractivity contribution in [1.82, 2.24) is 10.2 Å². The van der Waals surface area contributed by atoms with Crippen molar-refractivity contribution in [3.8, 4) is 5.75 Å². The maximum absolute atomic E-state index is 14.0. The van der Waals surface area contributed by atoms with Gasteiger partial charge in [0, 0.05) is 12.6 Å². The molecule has 0 fully saturated rings. The molecule has 3 aromatic carbocycles. The Hall–Kier alpha value is -3.77. The van der Waals surface area contributed by atoms with Gasteiger partial charge in [-0.2, -0.15) is 13.2 Å². The Labute approximate surface area is 254 Å². The van der Waals surface area contributed by atoms with Crippen molar-refractivity contribution in [3.05, 3.63) is 88.9 Å². The number of amides is 2. The number of alkyl halides is 3. The molecule has 0 radical (unpaired) electrons. The maximum Gasteiger partial charge on any atom is 0.417 e. The van der Waals surface area contributed by atoms with Gasteiger partial charge < -0.3 is 15.0 Å². The van der Waals surface area contributed by atoms with Crippen LogP contribution in [0.1, 0.15) is 38.3 Å². The van der Waals surface area contributed by atoms with Crippen LogP contribution in [0.25, 0.3) is 0 Å². The highest BCUT2D eigenvalue weighted by molar-refractivity contribution is 7.92. The third-order valence-electron chi connectivity index (χ3n) is 6.81. The van der Waals surface area contributed by atoms with Crippen molar-refractivity contribution in [2.75, 3.05) is 18.0 Å². The summed E-state index contributed by atoms with van der Waals surface area (Å²) in [6.45, 7) is 4.16. The van der Waals surface area contributed by atoms with Crippen LogP contribution in [0, 0.1) is 0 Å². The second-order valence-electron chi connectivity index (χ2n) is 9.85. The second-order valence-corrected chi connectivity index (χ2v) is 12.1. The van der Waals surface area contributed by atoms with Gasteiger partial charge in [-0.05, 0) is 68.3 Å². The molecular weight excluding hydrogens is 607 g/mol. The van der Waals surface area contributed by atoms with E-state index in [2.05, 4.69) is 5.32 Å². The minimum absolute atomic E-state index is 0.112. The smallest absolute Gasteiger partial charge is 0.417 e. The topological polar surface area (TPSA) is 96.0 Å². The lowest BCUT2D eigenvalue weighted by Crippen LogP contribution is -2.52. The minimum Gasteiger partial charge on any atom is -0.497 e. The Bertz CT molecular complexity index is 1540. The number of nitrogens with one attached hydrogen (secondary N) is 1. The molecule has 3 aromatic rings. The first-order valence-corrected chi connectivity index (χ1v) is 15.2. The number of hydrogen-bond acceptors (Lipinski definition) is 5. The summed E-state index contributed by atoms with van der Waals surface area (Å²) in [7, 11) is -3.09. The number of carbonyl (C=O) groups is 2. The third kappa shape index (κ3) is 8.41. The molecule has 2 atom stereocenters. The van der Waals surface area contributed by atoms with E-state index in [0.29, 0.717) is 28.1 Å². The monoisotopic (exact) mass is 639 g/mol. The molecule has 0 aliphatic carbocycles. The number of benzene rings is 3. The van der Waals surface area contributed by atoms with E-state index in [4.69, 9.17) is 16.3 Å². The van der Waals surface area contributed by atoms with Crippen LogP contribution in [-0.2, 0) is 32.3 Å². The van der Waals surface area contributed by atoms with Crippen molar-refractivity contribution in [1.29, 1.82) is 0 Å². The van der Waals surface area contributed by atoms with Gasteiger partial charge in [-0.3, -0.25) is 13.9 Å². The van der Waals surface area contributed by atoms with Gasteiger partial charge in [0.25, 0.3) is 10.0 Å². The summed E-state index contributed by atoms with van der Waals surface area (Å²) in [6, 6.07) is 15.1. The lowest BCUT2D eigenvalue weighted by molar-refractivity contribution is -0.139. The van der Waals surface area contributed by atoms with Crippen molar-refractivity contribution >= 4 is 39.1 Å². The zero-order chi connectivity index (χ0) is 31.9.